The summed E-state index contributed by atoms with van der Waals surface area (Å²) in [6, 6.07) is 5.15. The lowest BCUT2D eigenvalue weighted by molar-refractivity contribution is -0.118. The van der Waals surface area contributed by atoms with Gasteiger partial charge in [-0.05, 0) is 55.7 Å². The molecule has 0 bridgehead atoms. The maximum atomic E-state index is 13.2. The fourth-order valence-electron chi connectivity index (χ4n) is 6.46. The number of aliphatic hydroxyl groups excluding tert-OH is 1. The first-order valence-corrected chi connectivity index (χ1v) is 19.1. The molecule has 0 spiro atoms. The number of sulfonamides is 2. The number of fused-ring (bicyclic) bond motifs is 3. The highest BCUT2D eigenvalue weighted by Crippen LogP contribution is 2.40. The van der Waals surface area contributed by atoms with E-state index in [1.165, 1.54) is 4.31 Å². The number of primary sulfonamides is 1. The highest BCUT2D eigenvalue weighted by molar-refractivity contribution is 7.99. The lowest BCUT2D eigenvalue weighted by Crippen LogP contribution is -2.48. The van der Waals surface area contributed by atoms with Gasteiger partial charge in [0, 0.05) is 55.0 Å². The second-order valence-electron chi connectivity index (χ2n) is 11.3. The van der Waals surface area contributed by atoms with Crippen molar-refractivity contribution in [1.82, 2.24) is 14.5 Å². The molecule has 11 nitrogen and oxygen atoms in total. The molecular formula is C27H38ClN5O6S3. The van der Waals surface area contributed by atoms with Crippen LogP contribution in [0.2, 0.25) is 0 Å². The number of anilines is 1. The average Bonchev–Trinajstić information content (AvgIpc) is 3.36. The SMILES string of the molecule is CS(=O)(=O)N(C[C@H]1CCN2c3cc(S(N)(=O)=O)ccc3CC[C@@H]2C1)C1=CCC([C@H](O)N2CCSCC2)=C1NC(=O)CCl. The molecule has 1 aromatic carbocycles. The van der Waals surface area contributed by atoms with Gasteiger partial charge in [-0.15, -0.1) is 11.6 Å². The van der Waals surface area contributed by atoms with E-state index in [4.69, 9.17) is 16.7 Å². The topological polar surface area (TPSA) is 153 Å². The lowest BCUT2D eigenvalue weighted by Gasteiger charge is -2.46. The van der Waals surface area contributed by atoms with Crippen LogP contribution in [0.4, 0.5) is 5.69 Å². The number of piperidine rings is 1. The molecule has 232 valence electrons. The van der Waals surface area contributed by atoms with Crippen molar-refractivity contribution in [2.24, 2.45) is 11.1 Å². The average molecular weight is 660 g/mol. The minimum atomic E-state index is -3.83. The molecule has 2 fully saturated rings. The number of halogens is 1. The molecule has 0 aromatic heterocycles. The van der Waals surface area contributed by atoms with Crippen molar-refractivity contribution in [2.75, 3.05) is 54.7 Å². The normalized spacial score (nSPS) is 24.1. The monoisotopic (exact) mass is 659 g/mol. The Balaban J connectivity index is 1.38. The van der Waals surface area contributed by atoms with E-state index >= 15 is 0 Å². The number of aliphatic hydroxyl groups is 1. The zero-order valence-corrected chi connectivity index (χ0v) is 26.7. The van der Waals surface area contributed by atoms with Gasteiger partial charge in [0.25, 0.3) is 0 Å². The number of allylic oxidation sites excluding steroid dienone is 1. The Hall–Kier alpha value is -1.81. The number of thioether (sulfide) groups is 1. The van der Waals surface area contributed by atoms with Crippen molar-refractivity contribution in [3.63, 3.8) is 0 Å². The summed E-state index contributed by atoms with van der Waals surface area (Å²) >= 11 is 7.62. The summed E-state index contributed by atoms with van der Waals surface area (Å²) in [5.74, 6) is 1.03. The lowest BCUT2D eigenvalue weighted by atomic mass is 9.84. The molecule has 42 heavy (non-hydrogen) atoms. The highest BCUT2D eigenvalue weighted by atomic mass is 35.5. The van der Waals surface area contributed by atoms with Gasteiger partial charge in [-0.3, -0.25) is 14.0 Å². The minimum Gasteiger partial charge on any atom is -0.374 e. The Bertz CT molecular complexity index is 1490. The first-order valence-electron chi connectivity index (χ1n) is 14.1. The number of benzene rings is 1. The third-order valence-corrected chi connectivity index (χ3v) is 11.8. The van der Waals surface area contributed by atoms with Crippen molar-refractivity contribution in [1.29, 1.82) is 0 Å². The predicted octanol–water partition coefficient (Wildman–Crippen LogP) is 1.39. The summed E-state index contributed by atoms with van der Waals surface area (Å²) in [6.07, 6.45) is 5.39. The van der Waals surface area contributed by atoms with Gasteiger partial charge < -0.3 is 15.3 Å². The van der Waals surface area contributed by atoms with Crippen LogP contribution in [0.3, 0.4) is 0 Å². The Morgan fingerprint density at radius 1 is 1.21 bits per heavy atom. The summed E-state index contributed by atoms with van der Waals surface area (Å²) in [4.78, 5) is 16.7. The number of amides is 1. The quantitative estimate of drug-likeness (QED) is 0.334. The van der Waals surface area contributed by atoms with Crippen LogP contribution in [0.5, 0.6) is 0 Å². The van der Waals surface area contributed by atoms with Crippen LogP contribution in [-0.4, -0.2) is 99.1 Å². The number of rotatable bonds is 9. The molecule has 5 rings (SSSR count). The molecule has 3 aliphatic heterocycles. The molecule has 3 heterocycles. The Labute approximate surface area is 257 Å². The number of carbonyl (C=O) groups is 1. The number of nitrogens with one attached hydrogen (secondary N) is 1. The van der Waals surface area contributed by atoms with E-state index in [-0.39, 0.29) is 29.3 Å². The van der Waals surface area contributed by atoms with E-state index in [1.807, 2.05) is 22.7 Å². The zero-order chi connectivity index (χ0) is 30.2. The molecule has 0 unspecified atom stereocenters. The smallest absolute Gasteiger partial charge is 0.239 e. The number of hydrogen-bond donors (Lipinski definition) is 3. The minimum absolute atomic E-state index is 0.0305. The van der Waals surface area contributed by atoms with Gasteiger partial charge in [0.05, 0.1) is 22.5 Å². The van der Waals surface area contributed by atoms with Gasteiger partial charge in [0.15, 0.2) is 0 Å². The van der Waals surface area contributed by atoms with Crippen LogP contribution in [-0.2, 0) is 31.3 Å². The Morgan fingerprint density at radius 3 is 2.62 bits per heavy atom. The van der Waals surface area contributed by atoms with Crippen LogP contribution in [0.15, 0.2) is 46.1 Å². The van der Waals surface area contributed by atoms with Gasteiger partial charge in [-0.1, -0.05) is 12.1 Å². The van der Waals surface area contributed by atoms with Gasteiger partial charge in [0.1, 0.15) is 12.1 Å². The van der Waals surface area contributed by atoms with Crippen LogP contribution in [0.1, 0.15) is 31.2 Å². The van der Waals surface area contributed by atoms with E-state index in [9.17, 15) is 26.7 Å². The van der Waals surface area contributed by atoms with E-state index < -0.39 is 32.2 Å². The van der Waals surface area contributed by atoms with Crippen molar-refractivity contribution in [3.05, 3.63) is 46.8 Å². The van der Waals surface area contributed by atoms with Gasteiger partial charge in [-0.25, -0.2) is 22.0 Å². The zero-order valence-electron chi connectivity index (χ0n) is 23.5. The van der Waals surface area contributed by atoms with Crippen molar-refractivity contribution >= 4 is 55.0 Å². The first-order chi connectivity index (χ1) is 19.9. The van der Waals surface area contributed by atoms with Crippen molar-refractivity contribution in [3.8, 4) is 0 Å². The molecule has 3 atom stereocenters. The molecule has 0 saturated carbocycles. The Morgan fingerprint density at radius 2 is 1.95 bits per heavy atom. The maximum absolute atomic E-state index is 13.2. The fraction of sp³-hybridized carbons (Fsp3) is 0.593. The standard InChI is InChI=1S/C27H38ClN5O6S3/c1-41(36,37)33(23-7-6-22(26(23)30-25(34)16-28)27(35)31-10-12-40-13-11-31)17-18-8-9-32-20(14-18)4-2-19-3-5-21(15-24(19)32)42(29,38)39/h3,5,7,15,18,20,27,35H,2,4,6,8-14,16-17H2,1H3,(H,30,34)(H2,29,38,39)/t18-,20+,27-/m0/s1. The Kier molecular flexibility index (Phi) is 9.53. The third-order valence-electron chi connectivity index (χ3n) is 8.54. The molecule has 0 radical (unpaired) electrons. The summed E-state index contributed by atoms with van der Waals surface area (Å²) in [5.41, 5.74) is 3.20. The molecule has 1 aliphatic carbocycles. The summed E-state index contributed by atoms with van der Waals surface area (Å²) in [5, 5.41) is 19.4. The van der Waals surface area contributed by atoms with E-state index in [2.05, 4.69) is 10.2 Å². The molecular weight excluding hydrogens is 622 g/mol. The third kappa shape index (κ3) is 6.79. The largest absolute Gasteiger partial charge is 0.374 e. The van der Waals surface area contributed by atoms with Crippen molar-refractivity contribution < 1.29 is 26.7 Å². The molecule has 2 saturated heterocycles. The van der Waals surface area contributed by atoms with E-state index in [0.29, 0.717) is 49.4 Å². The van der Waals surface area contributed by atoms with E-state index in [1.54, 1.807) is 18.2 Å². The fourth-order valence-corrected chi connectivity index (χ4v) is 8.99. The number of hydrogen-bond acceptors (Lipinski definition) is 9. The molecule has 4 aliphatic rings. The van der Waals surface area contributed by atoms with Gasteiger partial charge in [-0.2, -0.15) is 11.8 Å². The number of nitrogens with zero attached hydrogens (tertiary/aromatic N) is 3. The molecule has 4 N–H and O–H groups in total. The second-order valence-corrected chi connectivity index (χ2v) is 16.3. The number of carbonyl (C=O) groups excluding carboxylic acids is 1. The van der Waals surface area contributed by atoms with Gasteiger partial charge >= 0.3 is 0 Å². The van der Waals surface area contributed by atoms with Crippen LogP contribution < -0.4 is 15.4 Å². The van der Waals surface area contributed by atoms with Crippen LogP contribution in [0, 0.1) is 5.92 Å². The maximum Gasteiger partial charge on any atom is 0.239 e. The van der Waals surface area contributed by atoms with E-state index in [0.717, 1.165) is 48.3 Å². The van der Waals surface area contributed by atoms with Crippen LogP contribution in [0.25, 0.3) is 0 Å². The van der Waals surface area contributed by atoms with Gasteiger partial charge in [0.2, 0.25) is 26.0 Å². The second kappa shape index (κ2) is 12.7. The van der Waals surface area contributed by atoms with Crippen molar-refractivity contribution in [2.45, 2.75) is 49.3 Å². The van der Waals surface area contributed by atoms with Crippen LogP contribution >= 0.6 is 23.4 Å². The molecule has 1 aromatic rings. The molecule has 15 heteroatoms. The predicted molar refractivity (Wildman–Crippen MR) is 165 cm³/mol. The summed E-state index contributed by atoms with van der Waals surface area (Å²) < 4.78 is 51.7. The number of alkyl halides is 1. The first kappa shape index (κ1) is 31.6. The highest BCUT2D eigenvalue weighted by Gasteiger charge is 2.38. The summed E-state index contributed by atoms with van der Waals surface area (Å²) in [6.45, 7) is 2.26. The summed E-state index contributed by atoms with van der Waals surface area (Å²) in [7, 11) is -7.57. The number of aryl methyl sites for hydroxylation is 1. The molecule has 1 amide bonds. The number of nitrogens with two attached hydrogens (primary N) is 1.